The first-order valence-corrected chi connectivity index (χ1v) is 13.1. The average molecular weight is 533 g/mol. The summed E-state index contributed by atoms with van der Waals surface area (Å²) in [7, 11) is 0. The SMILES string of the molecule is CCCOc1ccc(C(O)=C2C(=O)C(=O)N(c3nc4ccc(OCC)cc4s3)C2c2ccc(F)cc2)cc1. The summed E-state index contributed by atoms with van der Waals surface area (Å²) >= 11 is 1.23. The van der Waals surface area contributed by atoms with Crippen LogP contribution in [0.1, 0.15) is 37.4 Å². The second-order valence-corrected chi connectivity index (χ2v) is 9.66. The van der Waals surface area contributed by atoms with E-state index in [4.69, 9.17) is 9.47 Å². The van der Waals surface area contributed by atoms with Gasteiger partial charge in [0, 0.05) is 5.56 Å². The highest BCUT2D eigenvalue weighted by atomic mass is 32.1. The van der Waals surface area contributed by atoms with Crippen LogP contribution in [-0.2, 0) is 9.59 Å². The third-order valence-corrected chi connectivity index (χ3v) is 7.11. The van der Waals surface area contributed by atoms with Crippen LogP contribution in [0, 0.1) is 5.82 Å². The smallest absolute Gasteiger partial charge is 0.301 e. The molecule has 38 heavy (non-hydrogen) atoms. The lowest BCUT2D eigenvalue weighted by atomic mass is 9.95. The van der Waals surface area contributed by atoms with Crippen LogP contribution in [0.25, 0.3) is 16.0 Å². The molecule has 9 heteroatoms. The number of rotatable bonds is 8. The van der Waals surface area contributed by atoms with Gasteiger partial charge in [-0.1, -0.05) is 30.4 Å². The molecular formula is C29H25FN2O5S. The highest BCUT2D eigenvalue weighted by Gasteiger charge is 2.48. The van der Waals surface area contributed by atoms with E-state index in [9.17, 15) is 19.1 Å². The Bertz CT molecular complexity index is 1530. The fourth-order valence-corrected chi connectivity index (χ4v) is 5.35. The van der Waals surface area contributed by atoms with Crippen LogP contribution in [0.15, 0.2) is 72.3 Å². The molecule has 1 saturated heterocycles. The Labute approximate surface area is 222 Å². The van der Waals surface area contributed by atoms with E-state index < -0.39 is 23.5 Å². The minimum atomic E-state index is -1.00. The predicted octanol–water partition coefficient (Wildman–Crippen LogP) is 6.25. The topological polar surface area (TPSA) is 89.0 Å². The van der Waals surface area contributed by atoms with Gasteiger partial charge in [0.2, 0.25) is 0 Å². The number of anilines is 1. The highest BCUT2D eigenvalue weighted by molar-refractivity contribution is 7.22. The standard InChI is InChI=1S/C29H25FN2O5S/c1-3-15-37-20-11-7-18(8-12-20)26(33)24-25(17-5-9-19(30)10-6-17)32(28(35)27(24)34)29-31-22-14-13-21(36-4-2)16-23(22)38-29/h5-14,16,25,33H,3-4,15H2,1-2H3. The third kappa shape index (κ3) is 4.72. The van der Waals surface area contributed by atoms with Crippen molar-refractivity contribution in [2.45, 2.75) is 26.3 Å². The number of benzene rings is 3. The van der Waals surface area contributed by atoms with E-state index in [2.05, 4.69) is 4.98 Å². The molecule has 0 bridgehead atoms. The summed E-state index contributed by atoms with van der Waals surface area (Å²) in [6.45, 7) is 4.94. The molecule has 1 aliphatic rings. The number of halogens is 1. The predicted molar refractivity (Wildman–Crippen MR) is 144 cm³/mol. The molecule has 1 N–H and O–H groups in total. The molecule has 194 valence electrons. The first-order chi connectivity index (χ1) is 18.4. The molecule has 0 aliphatic carbocycles. The molecule has 5 rings (SSSR count). The van der Waals surface area contributed by atoms with Gasteiger partial charge in [0.25, 0.3) is 5.78 Å². The number of nitrogens with zero attached hydrogens (tertiary/aromatic N) is 2. The zero-order valence-electron chi connectivity index (χ0n) is 20.8. The summed E-state index contributed by atoms with van der Waals surface area (Å²) in [5, 5.41) is 11.6. The molecule has 2 heterocycles. The van der Waals surface area contributed by atoms with Gasteiger partial charge in [-0.25, -0.2) is 9.37 Å². The minimum absolute atomic E-state index is 0.0990. The number of aliphatic hydroxyl groups is 1. The van der Waals surface area contributed by atoms with Crippen molar-refractivity contribution in [2.24, 2.45) is 0 Å². The van der Waals surface area contributed by atoms with E-state index in [1.807, 2.05) is 19.9 Å². The first kappa shape index (κ1) is 25.4. The lowest BCUT2D eigenvalue weighted by Crippen LogP contribution is -2.29. The van der Waals surface area contributed by atoms with Gasteiger partial charge < -0.3 is 14.6 Å². The van der Waals surface area contributed by atoms with Crippen LogP contribution in [0.5, 0.6) is 11.5 Å². The number of Topliss-reactive ketones (excluding diaryl/α,β-unsaturated/α-hetero) is 1. The van der Waals surface area contributed by atoms with E-state index in [-0.39, 0.29) is 16.5 Å². The van der Waals surface area contributed by atoms with Crippen LogP contribution in [0.4, 0.5) is 9.52 Å². The van der Waals surface area contributed by atoms with Crippen LogP contribution < -0.4 is 14.4 Å². The Morgan fingerprint density at radius 3 is 2.39 bits per heavy atom. The van der Waals surface area contributed by atoms with Gasteiger partial charge in [0.15, 0.2) is 5.13 Å². The Hall–Kier alpha value is -4.24. The Kier molecular flexibility index (Phi) is 7.11. The second-order valence-electron chi connectivity index (χ2n) is 8.65. The maximum atomic E-state index is 13.8. The molecule has 1 atom stereocenters. The molecule has 1 fully saturated rings. The largest absolute Gasteiger partial charge is 0.507 e. The Balaban J connectivity index is 1.62. The number of aromatic nitrogens is 1. The van der Waals surface area contributed by atoms with Crippen molar-refractivity contribution >= 4 is 44.1 Å². The monoisotopic (exact) mass is 532 g/mol. The Morgan fingerprint density at radius 2 is 1.71 bits per heavy atom. The molecule has 1 unspecified atom stereocenters. The van der Waals surface area contributed by atoms with Gasteiger partial charge in [-0.3, -0.25) is 14.5 Å². The van der Waals surface area contributed by atoms with Crippen molar-refractivity contribution in [1.82, 2.24) is 4.98 Å². The van der Waals surface area contributed by atoms with Crippen LogP contribution in [0.2, 0.25) is 0 Å². The molecule has 7 nitrogen and oxygen atoms in total. The average Bonchev–Trinajstić information content (AvgIpc) is 3.45. The molecule has 1 amide bonds. The van der Waals surface area contributed by atoms with Gasteiger partial charge in [-0.15, -0.1) is 0 Å². The number of carbonyl (C=O) groups excluding carboxylic acids is 2. The van der Waals surface area contributed by atoms with Crippen LogP contribution >= 0.6 is 11.3 Å². The Morgan fingerprint density at radius 1 is 1.00 bits per heavy atom. The summed E-state index contributed by atoms with van der Waals surface area (Å²) in [6.07, 6.45) is 0.849. The van der Waals surface area contributed by atoms with E-state index in [1.54, 1.807) is 36.4 Å². The van der Waals surface area contributed by atoms with Gasteiger partial charge in [-0.2, -0.15) is 0 Å². The van der Waals surface area contributed by atoms with Crippen molar-refractivity contribution < 1.29 is 28.6 Å². The molecule has 0 saturated carbocycles. The van der Waals surface area contributed by atoms with Crippen molar-refractivity contribution in [3.63, 3.8) is 0 Å². The molecule has 4 aromatic rings. The number of hydrogen-bond acceptors (Lipinski definition) is 7. The zero-order valence-corrected chi connectivity index (χ0v) is 21.6. The van der Waals surface area contributed by atoms with E-state index in [1.165, 1.54) is 40.5 Å². The first-order valence-electron chi connectivity index (χ1n) is 12.2. The normalized spacial score (nSPS) is 16.8. The number of ketones is 1. The summed E-state index contributed by atoms with van der Waals surface area (Å²) < 4.78 is 25.7. The number of ether oxygens (including phenoxy) is 2. The van der Waals surface area contributed by atoms with Crippen LogP contribution in [0.3, 0.4) is 0 Å². The third-order valence-electron chi connectivity index (χ3n) is 6.10. The maximum Gasteiger partial charge on any atom is 0.301 e. The molecule has 0 radical (unpaired) electrons. The zero-order chi connectivity index (χ0) is 26.8. The number of aliphatic hydroxyl groups excluding tert-OH is 1. The molecule has 3 aromatic carbocycles. The summed E-state index contributed by atoms with van der Waals surface area (Å²) in [4.78, 5) is 32.6. The summed E-state index contributed by atoms with van der Waals surface area (Å²) in [5.41, 5.74) is 1.35. The maximum absolute atomic E-state index is 13.8. The molecule has 1 aromatic heterocycles. The number of amides is 1. The number of fused-ring (bicyclic) bond motifs is 1. The van der Waals surface area contributed by atoms with Gasteiger partial charge >= 0.3 is 5.91 Å². The molecule has 1 aliphatic heterocycles. The quantitative estimate of drug-likeness (QED) is 0.164. The van der Waals surface area contributed by atoms with Crippen molar-refractivity contribution in [3.05, 3.63) is 89.2 Å². The van der Waals surface area contributed by atoms with Gasteiger partial charge in [-0.05, 0) is 73.5 Å². The summed E-state index contributed by atoms with van der Waals surface area (Å²) in [5.74, 6) is -1.18. The van der Waals surface area contributed by atoms with E-state index in [0.29, 0.717) is 41.4 Å². The second kappa shape index (κ2) is 10.6. The van der Waals surface area contributed by atoms with E-state index >= 15 is 0 Å². The fourth-order valence-electron chi connectivity index (χ4n) is 4.33. The minimum Gasteiger partial charge on any atom is -0.507 e. The lowest BCUT2D eigenvalue weighted by molar-refractivity contribution is -0.132. The molecular weight excluding hydrogens is 507 g/mol. The number of thiazole rings is 1. The van der Waals surface area contributed by atoms with Gasteiger partial charge in [0.05, 0.1) is 35.0 Å². The lowest BCUT2D eigenvalue weighted by Gasteiger charge is -2.23. The van der Waals surface area contributed by atoms with Crippen molar-refractivity contribution in [3.8, 4) is 11.5 Å². The molecule has 0 spiro atoms. The number of hydrogen-bond donors (Lipinski definition) is 1. The van der Waals surface area contributed by atoms with Crippen LogP contribution in [-0.4, -0.2) is 35.0 Å². The van der Waals surface area contributed by atoms with Gasteiger partial charge in [0.1, 0.15) is 23.1 Å². The number of carbonyl (C=O) groups is 2. The highest BCUT2D eigenvalue weighted by Crippen LogP contribution is 2.44. The van der Waals surface area contributed by atoms with Crippen molar-refractivity contribution in [1.29, 1.82) is 0 Å². The summed E-state index contributed by atoms with van der Waals surface area (Å²) in [6, 6.07) is 16.5. The van der Waals surface area contributed by atoms with E-state index in [0.717, 1.165) is 11.1 Å². The van der Waals surface area contributed by atoms with Crippen molar-refractivity contribution in [2.75, 3.05) is 18.1 Å². The fraction of sp³-hybridized carbons (Fsp3) is 0.207.